The SMILES string of the molecule is CNc1cc(CN2CCCC(COC)C2)ccc1[N+](=O)[O-]. The molecule has 1 unspecified atom stereocenters. The first-order chi connectivity index (χ1) is 10.1. The Morgan fingerprint density at radius 1 is 1.52 bits per heavy atom. The number of hydrogen-bond acceptors (Lipinski definition) is 5. The van der Waals surface area contributed by atoms with E-state index in [0.717, 1.165) is 31.8 Å². The number of nitrogens with zero attached hydrogens (tertiary/aromatic N) is 2. The van der Waals surface area contributed by atoms with Crippen LogP contribution in [0.3, 0.4) is 0 Å². The predicted octanol–water partition coefficient (Wildman–Crippen LogP) is 2.49. The van der Waals surface area contributed by atoms with Crippen LogP contribution >= 0.6 is 0 Å². The second-order valence-electron chi connectivity index (χ2n) is 5.56. The van der Waals surface area contributed by atoms with Crippen LogP contribution in [0.25, 0.3) is 0 Å². The zero-order valence-electron chi connectivity index (χ0n) is 12.7. The van der Waals surface area contributed by atoms with E-state index in [1.807, 2.05) is 12.1 Å². The summed E-state index contributed by atoms with van der Waals surface area (Å²) in [5.74, 6) is 0.588. The first-order valence-corrected chi connectivity index (χ1v) is 7.30. The number of nitrogens with one attached hydrogen (secondary N) is 1. The van der Waals surface area contributed by atoms with Crippen LogP contribution in [0, 0.1) is 16.0 Å². The first-order valence-electron chi connectivity index (χ1n) is 7.30. The molecule has 1 aromatic rings. The predicted molar refractivity (Wildman–Crippen MR) is 82.5 cm³/mol. The molecule has 0 aliphatic carbocycles. The fraction of sp³-hybridized carbons (Fsp3) is 0.600. The summed E-state index contributed by atoms with van der Waals surface area (Å²) in [5, 5.41) is 13.8. The molecular weight excluding hydrogens is 270 g/mol. The fourth-order valence-electron chi connectivity index (χ4n) is 2.97. The second kappa shape index (κ2) is 7.38. The lowest BCUT2D eigenvalue weighted by Crippen LogP contribution is -2.36. The fourth-order valence-corrected chi connectivity index (χ4v) is 2.97. The van der Waals surface area contributed by atoms with E-state index in [1.165, 1.54) is 12.8 Å². The molecule has 116 valence electrons. The number of hydrogen-bond donors (Lipinski definition) is 1. The molecule has 0 saturated carbocycles. The van der Waals surface area contributed by atoms with Crippen LogP contribution in [0.1, 0.15) is 18.4 Å². The van der Waals surface area contributed by atoms with Gasteiger partial charge in [0.15, 0.2) is 0 Å². The van der Waals surface area contributed by atoms with Gasteiger partial charge >= 0.3 is 0 Å². The monoisotopic (exact) mass is 293 g/mol. The van der Waals surface area contributed by atoms with Gasteiger partial charge in [-0.15, -0.1) is 0 Å². The maximum absolute atomic E-state index is 10.9. The summed E-state index contributed by atoms with van der Waals surface area (Å²) in [4.78, 5) is 13.0. The second-order valence-corrected chi connectivity index (χ2v) is 5.56. The van der Waals surface area contributed by atoms with E-state index in [2.05, 4.69) is 10.2 Å². The Morgan fingerprint density at radius 2 is 2.33 bits per heavy atom. The van der Waals surface area contributed by atoms with E-state index >= 15 is 0 Å². The van der Waals surface area contributed by atoms with Gasteiger partial charge in [-0.05, 0) is 36.9 Å². The summed E-state index contributed by atoms with van der Waals surface area (Å²) in [6, 6.07) is 5.30. The van der Waals surface area contributed by atoms with Gasteiger partial charge < -0.3 is 10.1 Å². The number of anilines is 1. The van der Waals surface area contributed by atoms with Crippen LogP contribution in [-0.4, -0.2) is 43.7 Å². The number of ether oxygens (including phenoxy) is 1. The van der Waals surface area contributed by atoms with Crippen molar-refractivity contribution in [3.63, 3.8) is 0 Å². The smallest absolute Gasteiger partial charge is 0.292 e. The van der Waals surface area contributed by atoms with Crippen molar-refractivity contribution < 1.29 is 9.66 Å². The minimum absolute atomic E-state index is 0.122. The summed E-state index contributed by atoms with van der Waals surface area (Å²) in [7, 11) is 3.45. The van der Waals surface area contributed by atoms with E-state index in [4.69, 9.17) is 4.74 Å². The summed E-state index contributed by atoms with van der Waals surface area (Å²) in [5.41, 5.74) is 1.79. The number of nitro benzene ring substituents is 1. The van der Waals surface area contributed by atoms with Crippen molar-refractivity contribution in [3.8, 4) is 0 Å². The normalized spacial score (nSPS) is 19.4. The number of piperidine rings is 1. The van der Waals surface area contributed by atoms with E-state index in [0.29, 0.717) is 11.6 Å². The zero-order valence-corrected chi connectivity index (χ0v) is 12.7. The summed E-state index contributed by atoms with van der Waals surface area (Å²) in [6.07, 6.45) is 2.40. The lowest BCUT2D eigenvalue weighted by molar-refractivity contribution is -0.384. The number of methoxy groups -OCH3 is 1. The Hall–Kier alpha value is -1.66. The number of nitro groups is 1. The number of rotatable bonds is 6. The lowest BCUT2D eigenvalue weighted by atomic mass is 9.98. The van der Waals surface area contributed by atoms with Crippen molar-refractivity contribution in [2.45, 2.75) is 19.4 Å². The number of benzene rings is 1. The molecule has 1 fully saturated rings. The summed E-state index contributed by atoms with van der Waals surface area (Å²) >= 11 is 0. The molecule has 0 aromatic heterocycles. The molecule has 1 saturated heterocycles. The Balaban J connectivity index is 2.04. The Labute approximate surface area is 125 Å². The van der Waals surface area contributed by atoms with Crippen LogP contribution in [-0.2, 0) is 11.3 Å². The molecule has 21 heavy (non-hydrogen) atoms. The quantitative estimate of drug-likeness (QED) is 0.644. The third kappa shape index (κ3) is 4.15. The van der Waals surface area contributed by atoms with Crippen LogP contribution in [0.4, 0.5) is 11.4 Å². The highest BCUT2D eigenvalue weighted by molar-refractivity contribution is 5.62. The summed E-state index contributed by atoms with van der Waals surface area (Å²) in [6.45, 7) is 3.73. The molecule has 1 N–H and O–H groups in total. The largest absolute Gasteiger partial charge is 0.384 e. The van der Waals surface area contributed by atoms with Crippen molar-refractivity contribution in [2.24, 2.45) is 5.92 Å². The van der Waals surface area contributed by atoms with Crippen LogP contribution < -0.4 is 5.32 Å². The van der Waals surface area contributed by atoms with Crippen molar-refractivity contribution in [1.29, 1.82) is 0 Å². The average molecular weight is 293 g/mol. The molecule has 0 amide bonds. The Bertz CT molecular complexity index is 491. The molecular formula is C15H23N3O3. The molecule has 0 bridgehead atoms. The number of likely N-dealkylation sites (tertiary alicyclic amines) is 1. The van der Waals surface area contributed by atoms with Gasteiger partial charge in [0.1, 0.15) is 5.69 Å². The van der Waals surface area contributed by atoms with Crippen molar-refractivity contribution in [2.75, 3.05) is 39.2 Å². The van der Waals surface area contributed by atoms with E-state index in [-0.39, 0.29) is 10.6 Å². The molecule has 6 nitrogen and oxygen atoms in total. The molecule has 6 heteroatoms. The molecule has 0 spiro atoms. The minimum Gasteiger partial charge on any atom is -0.384 e. The molecule has 1 aliphatic rings. The zero-order chi connectivity index (χ0) is 15.2. The molecule has 1 heterocycles. The molecule has 0 radical (unpaired) electrons. The highest BCUT2D eigenvalue weighted by Gasteiger charge is 2.20. The maximum Gasteiger partial charge on any atom is 0.292 e. The first kappa shape index (κ1) is 15.7. The third-order valence-corrected chi connectivity index (χ3v) is 3.94. The van der Waals surface area contributed by atoms with Crippen molar-refractivity contribution in [1.82, 2.24) is 4.90 Å². The molecule has 2 rings (SSSR count). The third-order valence-electron chi connectivity index (χ3n) is 3.94. The lowest BCUT2D eigenvalue weighted by Gasteiger charge is -2.32. The van der Waals surface area contributed by atoms with Crippen LogP contribution in [0.5, 0.6) is 0 Å². The van der Waals surface area contributed by atoms with Gasteiger partial charge in [0.05, 0.1) is 11.5 Å². The average Bonchev–Trinajstić information content (AvgIpc) is 2.47. The van der Waals surface area contributed by atoms with Gasteiger partial charge in [-0.3, -0.25) is 15.0 Å². The molecule has 1 aliphatic heterocycles. The molecule has 1 atom stereocenters. The summed E-state index contributed by atoms with van der Waals surface area (Å²) < 4.78 is 5.25. The maximum atomic E-state index is 10.9. The van der Waals surface area contributed by atoms with Gasteiger partial charge in [-0.1, -0.05) is 6.07 Å². The highest BCUT2D eigenvalue weighted by atomic mass is 16.6. The van der Waals surface area contributed by atoms with Crippen LogP contribution in [0.15, 0.2) is 18.2 Å². The van der Waals surface area contributed by atoms with E-state index in [9.17, 15) is 10.1 Å². The van der Waals surface area contributed by atoms with Gasteiger partial charge in [0.2, 0.25) is 0 Å². The van der Waals surface area contributed by atoms with Crippen molar-refractivity contribution in [3.05, 3.63) is 33.9 Å². The Morgan fingerprint density at radius 3 is 3.00 bits per heavy atom. The van der Waals surface area contributed by atoms with Gasteiger partial charge in [0.25, 0.3) is 5.69 Å². The van der Waals surface area contributed by atoms with Crippen molar-refractivity contribution >= 4 is 11.4 Å². The van der Waals surface area contributed by atoms with Gasteiger partial charge in [-0.2, -0.15) is 0 Å². The topological polar surface area (TPSA) is 67.6 Å². The van der Waals surface area contributed by atoms with Gasteiger partial charge in [-0.25, -0.2) is 0 Å². The van der Waals surface area contributed by atoms with Crippen LogP contribution in [0.2, 0.25) is 0 Å². The standard InChI is InChI=1S/C15H23N3O3/c1-16-14-8-12(5-6-15(14)18(19)20)9-17-7-3-4-13(10-17)11-21-2/h5-6,8,13,16H,3-4,7,9-11H2,1-2H3. The Kier molecular flexibility index (Phi) is 5.52. The van der Waals surface area contributed by atoms with E-state index < -0.39 is 0 Å². The van der Waals surface area contributed by atoms with Gasteiger partial charge in [0, 0.05) is 33.3 Å². The molecule has 1 aromatic carbocycles. The highest BCUT2D eigenvalue weighted by Crippen LogP contribution is 2.26. The minimum atomic E-state index is -0.356. The van der Waals surface area contributed by atoms with E-state index in [1.54, 1.807) is 20.2 Å².